The Morgan fingerprint density at radius 2 is 0.547 bits per heavy atom. The molecule has 0 fully saturated rings. The molecule has 0 heterocycles. The van der Waals surface area contributed by atoms with Crippen LogP contribution in [0.25, 0.3) is 0 Å². The SMILES string of the molecule is CC/C=C\C/C=C\C/C=C\C/C=C\C/C=C\C/C=C\CCC(=O)OC(COC(=O)CCCCCCC)COC(=O)CCCCCCCCCCCCCCCCCCCC/C=C\C/C=C\C/C=C\CCCCCCC. The van der Waals surface area contributed by atoms with Crippen LogP contribution in [-0.4, -0.2) is 37.2 Å². The van der Waals surface area contributed by atoms with Gasteiger partial charge in [-0.15, -0.1) is 0 Å². The van der Waals surface area contributed by atoms with E-state index in [0.717, 1.165) is 103 Å². The summed E-state index contributed by atoms with van der Waals surface area (Å²) in [5.74, 6) is -1.00. The summed E-state index contributed by atoms with van der Waals surface area (Å²) in [6, 6.07) is 0. The van der Waals surface area contributed by atoms with Gasteiger partial charge in [-0.2, -0.15) is 0 Å². The number of esters is 3. The van der Waals surface area contributed by atoms with Crippen LogP contribution in [0.15, 0.2) is 109 Å². The molecule has 1 atom stereocenters. The van der Waals surface area contributed by atoms with Crippen molar-refractivity contribution in [2.75, 3.05) is 13.2 Å². The lowest BCUT2D eigenvalue weighted by atomic mass is 10.0. The lowest BCUT2D eigenvalue weighted by molar-refractivity contribution is -0.166. The van der Waals surface area contributed by atoms with Gasteiger partial charge < -0.3 is 14.2 Å². The standard InChI is InChI=1S/C69H116O6/c1-4-7-10-13-15-17-19-21-23-25-27-28-29-30-31-32-33-34-35-36-37-38-39-40-42-43-45-47-49-51-53-56-59-62-68(71)74-65-66(64-73-67(70)61-58-55-12-9-6-3)75-69(72)63-60-57-54-52-50-48-46-44-41-26-24-22-20-18-16-14-11-8-5-2/h8,11,16,18-19,21-22,24-25,27,29-30,41,44,48,50,54,57,66H,4-7,9-10,12-15,17,20,23,26,28,31-40,42-43,45-47,49,51-53,55-56,58-65H2,1-3H3/b11-8-,18-16-,21-19-,24-22-,27-25-,30-29-,44-41-,50-48-,57-54-. The van der Waals surface area contributed by atoms with E-state index in [1.165, 1.54) is 141 Å². The van der Waals surface area contributed by atoms with Gasteiger partial charge in [-0.3, -0.25) is 14.4 Å². The largest absolute Gasteiger partial charge is 0.462 e. The molecule has 0 spiro atoms. The highest BCUT2D eigenvalue weighted by Gasteiger charge is 2.19. The maximum Gasteiger partial charge on any atom is 0.306 e. The molecular weight excluding hydrogens is 925 g/mol. The van der Waals surface area contributed by atoms with Crippen LogP contribution in [0.4, 0.5) is 0 Å². The summed E-state index contributed by atoms with van der Waals surface area (Å²) in [6.07, 6.45) is 86.0. The van der Waals surface area contributed by atoms with E-state index >= 15 is 0 Å². The van der Waals surface area contributed by atoms with Crippen LogP contribution in [0, 0.1) is 0 Å². The number of carbonyl (C=O) groups excluding carboxylic acids is 3. The fraction of sp³-hybridized carbons (Fsp3) is 0.696. The van der Waals surface area contributed by atoms with Gasteiger partial charge in [-0.05, 0) is 96.3 Å². The van der Waals surface area contributed by atoms with Gasteiger partial charge in [0, 0.05) is 19.3 Å². The Morgan fingerprint density at radius 1 is 0.280 bits per heavy atom. The number of hydrogen-bond acceptors (Lipinski definition) is 6. The number of unbranched alkanes of at least 4 members (excludes halogenated alkanes) is 27. The average molecular weight is 1040 g/mol. The zero-order chi connectivity index (χ0) is 54.3. The Bertz CT molecular complexity index is 1520. The molecule has 0 aromatic carbocycles. The Balaban J connectivity index is 4.04. The zero-order valence-corrected chi connectivity index (χ0v) is 49.0. The Kier molecular flexibility index (Phi) is 59.3. The normalized spacial score (nSPS) is 12.8. The Labute approximate surface area is 463 Å². The van der Waals surface area contributed by atoms with Crippen molar-refractivity contribution in [2.24, 2.45) is 0 Å². The molecule has 0 aromatic heterocycles. The molecule has 0 N–H and O–H groups in total. The zero-order valence-electron chi connectivity index (χ0n) is 49.0. The highest BCUT2D eigenvalue weighted by atomic mass is 16.6. The van der Waals surface area contributed by atoms with Crippen LogP contribution >= 0.6 is 0 Å². The van der Waals surface area contributed by atoms with Crippen molar-refractivity contribution in [3.8, 4) is 0 Å². The number of rotatable bonds is 56. The van der Waals surface area contributed by atoms with Gasteiger partial charge in [0.25, 0.3) is 0 Å². The van der Waals surface area contributed by atoms with Gasteiger partial charge in [0.1, 0.15) is 13.2 Å². The van der Waals surface area contributed by atoms with Crippen molar-refractivity contribution in [1.29, 1.82) is 0 Å². The van der Waals surface area contributed by atoms with Crippen molar-refractivity contribution in [1.82, 2.24) is 0 Å². The molecule has 0 aliphatic rings. The lowest BCUT2D eigenvalue weighted by Gasteiger charge is -2.18. The second-order valence-corrected chi connectivity index (χ2v) is 20.6. The first-order chi connectivity index (χ1) is 37.0. The van der Waals surface area contributed by atoms with Crippen molar-refractivity contribution < 1.29 is 28.6 Å². The summed E-state index contributed by atoms with van der Waals surface area (Å²) in [5, 5.41) is 0. The first kappa shape index (κ1) is 71.1. The first-order valence-electron chi connectivity index (χ1n) is 31.4. The minimum absolute atomic E-state index is 0.107. The molecule has 0 amide bonds. The van der Waals surface area contributed by atoms with Crippen molar-refractivity contribution >= 4 is 17.9 Å². The van der Waals surface area contributed by atoms with Crippen LogP contribution in [0.3, 0.4) is 0 Å². The van der Waals surface area contributed by atoms with Crippen molar-refractivity contribution in [2.45, 2.75) is 297 Å². The topological polar surface area (TPSA) is 78.9 Å². The molecule has 0 aromatic rings. The molecule has 0 rings (SSSR count). The van der Waals surface area contributed by atoms with Gasteiger partial charge >= 0.3 is 17.9 Å². The van der Waals surface area contributed by atoms with Gasteiger partial charge in [0.2, 0.25) is 0 Å². The lowest BCUT2D eigenvalue weighted by Crippen LogP contribution is -2.30. The quantitative estimate of drug-likeness (QED) is 0.0261. The van der Waals surface area contributed by atoms with Crippen LogP contribution in [0.2, 0.25) is 0 Å². The molecule has 428 valence electrons. The molecule has 0 aliphatic carbocycles. The van der Waals surface area contributed by atoms with Crippen LogP contribution in [0.1, 0.15) is 290 Å². The van der Waals surface area contributed by atoms with Crippen LogP contribution in [-0.2, 0) is 28.6 Å². The summed E-state index contributed by atoms with van der Waals surface area (Å²) in [6.45, 7) is 6.37. The third kappa shape index (κ3) is 60.8. The van der Waals surface area contributed by atoms with E-state index in [0.29, 0.717) is 19.3 Å². The monoisotopic (exact) mass is 1040 g/mol. The van der Waals surface area contributed by atoms with E-state index in [-0.39, 0.29) is 31.6 Å². The second kappa shape index (κ2) is 62.6. The van der Waals surface area contributed by atoms with E-state index in [1.807, 2.05) is 12.2 Å². The second-order valence-electron chi connectivity index (χ2n) is 20.6. The van der Waals surface area contributed by atoms with Gasteiger partial charge in [-0.25, -0.2) is 0 Å². The predicted molar refractivity (Wildman–Crippen MR) is 325 cm³/mol. The number of ether oxygens (including phenoxy) is 3. The first-order valence-corrected chi connectivity index (χ1v) is 31.4. The van der Waals surface area contributed by atoms with Gasteiger partial charge in [-0.1, -0.05) is 284 Å². The number of allylic oxidation sites excluding steroid dienone is 18. The van der Waals surface area contributed by atoms with Crippen LogP contribution < -0.4 is 0 Å². The van der Waals surface area contributed by atoms with Crippen molar-refractivity contribution in [3.63, 3.8) is 0 Å². The minimum atomic E-state index is -0.815. The fourth-order valence-corrected chi connectivity index (χ4v) is 8.59. The highest BCUT2D eigenvalue weighted by Crippen LogP contribution is 2.16. The predicted octanol–water partition coefficient (Wildman–Crippen LogP) is 21.4. The van der Waals surface area contributed by atoms with Crippen LogP contribution in [0.5, 0.6) is 0 Å². The third-order valence-electron chi connectivity index (χ3n) is 13.3. The molecule has 6 heteroatoms. The van der Waals surface area contributed by atoms with Crippen molar-refractivity contribution in [3.05, 3.63) is 109 Å². The van der Waals surface area contributed by atoms with E-state index in [2.05, 4.69) is 118 Å². The summed E-state index contributed by atoms with van der Waals surface area (Å²) < 4.78 is 16.7. The smallest absolute Gasteiger partial charge is 0.306 e. The average Bonchev–Trinajstić information content (AvgIpc) is 3.41. The Hall–Kier alpha value is -3.93. The highest BCUT2D eigenvalue weighted by molar-refractivity contribution is 5.71. The number of hydrogen-bond donors (Lipinski definition) is 0. The molecule has 1 unspecified atom stereocenters. The molecule has 0 radical (unpaired) electrons. The summed E-state index contributed by atoms with van der Waals surface area (Å²) in [7, 11) is 0. The molecule has 0 saturated carbocycles. The van der Waals surface area contributed by atoms with E-state index in [1.54, 1.807) is 0 Å². The Morgan fingerprint density at radius 3 is 0.867 bits per heavy atom. The molecular formula is C69H116O6. The fourth-order valence-electron chi connectivity index (χ4n) is 8.59. The maximum absolute atomic E-state index is 12.7. The van der Waals surface area contributed by atoms with E-state index in [4.69, 9.17) is 14.2 Å². The van der Waals surface area contributed by atoms with Gasteiger partial charge in [0.05, 0.1) is 0 Å². The molecule has 0 aliphatic heterocycles. The summed E-state index contributed by atoms with van der Waals surface area (Å²) >= 11 is 0. The molecule has 0 bridgehead atoms. The number of carbonyl (C=O) groups is 3. The molecule has 75 heavy (non-hydrogen) atoms. The molecule has 0 saturated heterocycles. The third-order valence-corrected chi connectivity index (χ3v) is 13.3. The van der Waals surface area contributed by atoms with E-state index < -0.39 is 12.1 Å². The van der Waals surface area contributed by atoms with E-state index in [9.17, 15) is 14.4 Å². The van der Waals surface area contributed by atoms with Gasteiger partial charge in [0.15, 0.2) is 6.10 Å². The maximum atomic E-state index is 12.7. The minimum Gasteiger partial charge on any atom is -0.462 e. The summed E-state index contributed by atoms with van der Waals surface area (Å²) in [5.41, 5.74) is 0. The summed E-state index contributed by atoms with van der Waals surface area (Å²) in [4.78, 5) is 37.8. The molecule has 6 nitrogen and oxygen atoms in total.